The first kappa shape index (κ1) is 26.9. The first-order valence-electron chi connectivity index (χ1n) is 12.6. The Kier molecular flexibility index (Phi) is 7.82. The molecule has 0 spiro atoms. The van der Waals surface area contributed by atoms with Crippen molar-refractivity contribution >= 4 is 11.6 Å². The van der Waals surface area contributed by atoms with Crippen molar-refractivity contribution in [3.8, 4) is 5.75 Å². The number of alkyl halides is 3. The van der Waals surface area contributed by atoms with Crippen molar-refractivity contribution in [1.29, 1.82) is 0 Å². The SMILES string of the molecule is O=C(CC(c1cccc(F)c1)c1cnc2c(OCc3ccccc3)cccn12)NCc1cccc(C(F)(F)F)c1. The van der Waals surface area contributed by atoms with Gasteiger partial charge in [-0.3, -0.25) is 4.79 Å². The Balaban J connectivity index is 1.39. The van der Waals surface area contributed by atoms with Crippen LogP contribution in [0.15, 0.2) is 103 Å². The smallest absolute Gasteiger partial charge is 0.416 e. The third-order valence-corrected chi connectivity index (χ3v) is 6.51. The summed E-state index contributed by atoms with van der Waals surface area (Å²) >= 11 is 0. The Morgan fingerprint density at radius 1 is 0.925 bits per heavy atom. The molecule has 9 heteroatoms. The summed E-state index contributed by atoms with van der Waals surface area (Å²) in [5.41, 5.74) is 2.27. The molecule has 2 heterocycles. The summed E-state index contributed by atoms with van der Waals surface area (Å²) in [6.45, 7) is 0.261. The zero-order valence-corrected chi connectivity index (χ0v) is 21.2. The molecule has 1 N–H and O–H groups in total. The van der Waals surface area contributed by atoms with Crippen molar-refractivity contribution in [2.75, 3.05) is 0 Å². The zero-order valence-electron chi connectivity index (χ0n) is 21.2. The molecular formula is C31H25F4N3O2. The normalized spacial score (nSPS) is 12.3. The second-order valence-corrected chi connectivity index (χ2v) is 9.31. The first-order valence-corrected chi connectivity index (χ1v) is 12.6. The second kappa shape index (κ2) is 11.6. The third-order valence-electron chi connectivity index (χ3n) is 6.51. The van der Waals surface area contributed by atoms with Crippen LogP contribution in [0.4, 0.5) is 17.6 Å². The van der Waals surface area contributed by atoms with E-state index < -0.39 is 29.4 Å². The molecule has 0 radical (unpaired) electrons. The molecule has 1 unspecified atom stereocenters. The van der Waals surface area contributed by atoms with Gasteiger partial charge < -0.3 is 14.5 Å². The molecule has 0 saturated heterocycles. The molecule has 0 aliphatic rings. The van der Waals surface area contributed by atoms with Crippen LogP contribution in [0, 0.1) is 5.82 Å². The van der Waals surface area contributed by atoms with E-state index in [0.717, 1.165) is 17.7 Å². The van der Waals surface area contributed by atoms with E-state index in [1.165, 1.54) is 24.3 Å². The highest BCUT2D eigenvalue weighted by Gasteiger charge is 2.30. The summed E-state index contributed by atoms with van der Waals surface area (Å²) in [4.78, 5) is 17.6. The van der Waals surface area contributed by atoms with Gasteiger partial charge in [0.1, 0.15) is 12.4 Å². The Hall–Kier alpha value is -4.66. The van der Waals surface area contributed by atoms with Crippen LogP contribution >= 0.6 is 0 Å². The minimum atomic E-state index is -4.48. The van der Waals surface area contributed by atoms with Crippen LogP contribution in [0.3, 0.4) is 0 Å². The first-order chi connectivity index (χ1) is 19.3. The van der Waals surface area contributed by atoms with Crippen molar-refractivity contribution in [2.24, 2.45) is 0 Å². The molecule has 2 aromatic heterocycles. The number of fused-ring (bicyclic) bond motifs is 1. The molecule has 5 aromatic rings. The predicted octanol–water partition coefficient (Wildman–Crippen LogP) is 6.91. The molecule has 0 saturated carbocycles. The average molecular weight is 548 g/mol. The molecule has 204 valence electrons. The van der Waals surface area contributed by atoms with Crippen molar-refractivity contribution in [3.05, 3.63) is 137 Å². The van der Waals surface area contributed by atoms with Gasteiger partial charge >= 0.3 is 6.18 Å². The van der Waals surface area contributed by atoms with Crippen LogP contribution in [-0.2, 0) is 24.1 Å². The van der Waals surface area contributed by atoms with Gasteiger partial charge in [-0.1, -0.05) is 54.6 Å². The maximum atomic E-state index is 14.2. The Bertz CT molecular complexity index is 1620. The summed E-state index contributed by atoms with van der Waals surface area (Å²) in [5, 5.41) is 2.70. The summed E-state index contributed by atoms with van der Waals surface area (Å²) in [5.74, 6) is -0.896. The Morgan fingerprint density at radius 3 is 2.48 bits per heavy atom. The fourth-order valence-corrected chi connectivity index (χ4v) is 4.54. The number of carbonyl (C=O) groups is 1. The van der Waals surface area contributed by atoms with E-state index in [0.29, 0.717) is 34.8 Å². The van der Waals surface area contributed by atoms with Crippen LogP contribution in [-0.4, -0.2) is 15.3 Å². The minimum Gasteiger partial charge on any atom is -0.485 e. The molecule has 0 fully saturated rings. The van der Waals surface area contributed by atoms with Crippen molar-refractivity contribution in [2.45, 2.75) is 31.7 Å². The summed E-state index contributed by atoms with van der Waals surface area (Å²) in [6.07, 6.45) is -1.14. The van der Waals surface area contributed by atoms with Gasteiger partial charge in [-0.05, 0) is 53.1 Å². The standard InChI is InChI=1S/C31H25F4N3O2/c32-25-12-5-10-23(16-25)26(17-29(39)36-18-22-9-4-11-24(15-22)31(33,34)35)27-19-37-30-28(13-6-14-38(27)30)40-20-21-7-2-1-3-8-21/h1-16,19,26H,17-18,20H2,(H,36,39). The molecule has 0 aliphatic carbocycles. The van der Waals surface area contributed by atoms with E-state index in [1.807, 2.05) is 30.3 Å². The molecule has 5 nitrogen and oxygen atoms in total. The maximum Gasteiger partial charge on any atom is 0.416 e. The van der Waals surface area contributed by atoms with Crippen LogP contribution in [0.1, 0.15) is 40.3 Å². The van der Waals surface area contributed by atoms with Gasteiger partial charge in [-0.15, -0.1) is 0 Å². The topological polar surface area (TPSA) is 55.6 Å². The second-order valence-electron chi connectivity index (χ2n) is 9.31. The zero-order chi connectivity index (χ0) is 28.1. The fraction of sp³-hybridized carbons (Fsp3) is 0.161. The molecule has 0 bridgehead atoms. The number of halogens is 4. The number of imidazole rings is 1. The summed E-state index contributed by atoms with van der Waals surface area (Å²) in [6, 6.07) is 24.1. The quantitative estimate of drug-likeness (QED) is 0.204. The number of nitrogens with one attached hydrogen (secondary N) is 1. The Labute approximate surface area is 228 Å². The predicted molar refractivity (Wildman–Crippen MR) is 142 cm³/mol. The minimum absolute atomic E-state index is 0.0781. The highest BCUT2D eigenvalue weighted by molar-refractivity contribution is 5.77. The van der Waals surface area contributed by atoms with Crippen LogP contribution in [0.5, 0.6) is 5.75 Å². The van der Waals surface area contributed by atoms with Gasteiger partial charge in [0.2, 0.25) is 5.91 Å². The number of carbonyl (C=O) groups excluding carboxylic acids is 1. The molecule has 5 rings (SSSR count). The molecule has 40 heavy (non-hydrogen) atoms. The molecule has 0 aliphatic heterocycles. The van der Waals surface area contributed by atoms with Gasteiger partial charge in [-0.2, -0.15) is 13.2 Å². The van der Waals surface area contributed by atoms with E-state index in [1.54, 1.807) is 41.1 Å². The average Bonchev–Trinajstić information content (AvgIpc) is 3.38. The van der Waals surface area contributed by atoms with Crippen LogP contribution in [0.25, 0.3) is 5.65 Å². The summed E-state index contributed by atoms with van der Waals surface area (Å²) < 4.78 is 61.3. The van der Waals surface area contributed by atoms with E-state index in [-0.39, 0.29) is 13.0 Å². The number of nitrogens with zero attached hydrogens (tertiary/aromatic N) is 2. The highest BCUT2D eigenvalue weighted by atomic mass is 19.4. The highest BCUT2D eigenvalue weighted by Crippen LogP contribution is 2.32. The number of ether oxygens (including phenoxy) is 1. The molecule has 3 aromatic carbocycles. The molecular weight excluding hydrogens is 522 g/mol. The number of benzene rings is 3. The molecule has 1 amide bonds. The van der Waals surface area contributed by atoms with Gasteiger partial charge in [0.15, 0.2) is 11.4 Å². The van der Waals surface area contributed by atoms with Crippen molar-refractivity contribution < 1.29 is 27.1 Å². The lowest BCUT2D eigenvalue weighted by molar-refractivity contribution is -0.137. The van der Waals surface area contributed by atoms with E-state index in [9.17, 15) is 22.4 Å². The van der Waals surface area contributed by atoms with Gasteiger partial charge in [0, 0.05) is 31.3 Å². The number of rotatable bonds is 9. The van der Waals surface area contributed by atoms with E-state index in [4.69, 9.17) is 4.74 Å². The Morgan fingerprint density at radius 2 is 1.70 bits per heavy atom. The lowest BCUT2D eigenvalue weighted by Gasteiger charge is -2.18. The van der Waals surface area contributed by atoms with Gasteiger partial charge in [0.05, 0.1) is 11.3 Å². The number of aromatic nitrogens is 2. The van der Waals surface area contributed by atoms with E-state index in [2.05, 4.69) is 10.3 Å². The lowest BCUT2D eigenvalue weighted by atomic mass is 9.92. The van der Waals surface area contributed by atoms with E-state index >= 15 is 0 Å². The summed E-state index contributed by atoms with van der Waals surface area (Å²) in [7, 11) is 0. The number of hydrogen-bond acceptors (Lipinski definition) is 3. The van der Waals surface area contributed by atoms with Gasteiger partial charge in [0.25, 0.3) is 0 Å². The maximum absolute atomic E-state index is 14.2. The number of hydrogen-bond donors (Lipinski definition) is 1. The molecule has 1 atom stereocenters. The van der Waals surface area contributed by atoms with Crippen molar-refractivity contribution in [1.82, 2.24) is 14.7 Å². The number of pyridine rings is 1. The van der Waals surface area contributed by atoms with Crippen LogP contribution < -0.4 is 10.1 Å². The van der Waals surface area contributed by atoms with Gasteiger partial charge in [-0.25, -0.2) is 9.37 Å². The van der Waals surface area contributed by atoms with Crippen molar-refractivity contribution in [3.63, 3.8) is 0 Å². The largest absolute Gasteiger partial charge is 0.485 e. The van der Waals surface area contributed by atoms with Crippen LogP contribution in [0.2, 0.25) is 0 Å². The monoisotopic (exact) mass is 547 g/mol. The lowest BCUT2D eigenvalue weighted by Crippen LogP contribution is -2.25. The number of amides is 1. The third kappa shape index (κ3) is 6.31. The fourth-order valence-electron chi connectivity index (χ4n) is 4.54.